The Kier molecular flexibility index (Phi) is 8.76. The predicted octanol–water partition coefficient (Wildman–Crippen LogP) is 4.35. The first kappa shape index (κ1) is 20.6. The number of rotatable bonds is 7. The molecule has 1 saturated carbocycles. The molecule has 0 aromatic heterocycles. The van der Waals surface area contributed by atoms with E-state index in [1.165, 1.54) is 32.1 Å². The highest BCUT2D eigenvalue weighted by atomic mass is 32.2. The van der Waals surface area contributed by atoms with Crippen molar-refractivity contribution in [3.05, 3.63) is 0 Å². The maximum Gasteiger partial charge on any atom is 0.407 e. The molecule has 0 bridgehead atoms. The number of amides is 1. The fraction of sp³-hybridized carbons (Fsp3) is 0.944. The van der Waals surface area contributed by atoms with Gasteiger partial charge in [0, 0.05) is 5.75 Å². The molecule has 2 N–H and O–H groups in total. The first-order valence-electron chi connectivity index (χ1n) is 8.96. The van der Waals surface area contributed by atoms with E-state index in [2.05, 4.69) is 19.2 Å². The summed E-state index contributed by atoms with van der Waals surface area (Å²) in [5.74, 6) is 1.24. The number of hydrogen-bond acceptors (Lipinski definition) is 4. The first-order valence-corrected chi connectivity index (χ1v) is 10.0. The lowest BCUT2D eigenvalue weighted by atomic mass is 9.84. The maximum absolute atomic E-state index is 12.1. The van der Waals surface area contributed by atoms with E-state index in [0.29, 0.717) is 16.9 Å². The molecule has 0 aromatic rings. The van der Waals surface area contributed by atoms with Crippen LogP contribution in [0.2, 0.25) is 0 Å². The van der Waals surface area contributed by atoms with Crippen LogP contribution in [0, 0.1) is 5.92 Å². The Hall–Kier alpha value is -0.420. The van der Waals surface area contributed by atoms with Crippen molar-refractivity contribution in [1.29, 1.82) is 0 Å². The maximum atomic E-state index is 12.1. The largest absolute Gasteiger partial charge is 0.444 e. The molecule has 1 fully saturated rings. The number of alkyl carbamates (subject to hydrolysis) is 1. The Morgan fingerprint density at radius 1 is 1.26 bits per heavy atom. The lowest BCUT2D eigenvalue weighted by Crippen LogP contribution is -2.47. The highest BCUT2D eigenvalue weighted by Crippen LogP contribution is 2.28. The second kappa shape index (κ2) is 9.77. The van der Waals surface area contributed by atoms with Gasteiger partial charge in [-0.15, -0.1) is 0 Å². The third-order valence-electron chi connectivity index (χ3n) is 4.08. The van der Waals surface area contributed by atoms with Crippen LogP contribution < -0.4 is 5.32 Å². The number of ether oxygens (including phenoxy) is 1. The zero-order valence-electron chi connectivity index (χ0n) is 15.4. The molecule has 1 amide bonds. The van der Waals surface area contributed by atoms with Gasteiger partial charge in [0.05, 0.1) is 12.1 Å². The Morgan fingerprint density at radius 3 is 2.39 bits per heavy atom. The second-order valence-corrected chi connectivity index (χ2v) is 9.55. The van der Waals surface area contributed by atoms with Crippen molar-refractivity contribution in [2.45, 2.75) is 96.1 Å². The molecule has 136 valence electrons. The van der Waals surface area contributed by atoms with Crippen molar-refractivity contribution < 1.29 is 14.6 Å². The van der Waals surface area contributed by atoms with Gasteiger partial charge in [-0.3, -0.25) is 0 Å². The van der Waals surface area contributed by atoms with Gasteiger partial charge in [-0.05, 0) is 38.4 Å². The smallest absolute Gasteiger partial charge is 0.407 e. The van der Waals surface area contributed by atoms with Gasteiger partial charge in [0.25, 0.3) is 0 Å². The fourth-order valence-corrected chi connectivity index (χ4v) is 3.77. The molecule has 1 rings (SSSR count). The minimum atomic E-state index is -0.531. The molecular formula is C18H35NO3S. The second-order valence-electron chi connectivity index (χ2n) is 7.94. The van der Waals surface area contributed by atoms with Gasteiger partial charge in [-0.1, -0.05) is 46.0 Å². The predicted molar refractivity (Wildman–Crippen MR) is 98.0 cm³/mol. The van der Waals surface area contributed by atoms with E-state index in [1.54, 1.807) is 11.8 Å². The molecule has 4 nitrogen and oxygen atoms in total. The van der Waals surface area contributed by atoms with Crippen molar-refractivity contribution in [1.82, 2.24) is 5.32 Å². The quantitative estimate of drug-likeness (QED) is 0.720. The van der Waals surface area contributed by atoms with Gasteiger partial charge in [0.15, 0.2) is 0 Å². The van der Waals surface area contributed by atoms with Crippen LogP contribution in [-0.2, 0) is 4.74 Å². The molecule has 2 atom stereocenters. The number of carbonyl (C=O) groups excluding carboxylic acids is 1. The molecule has 1 aliphatic carbocycles. The third kappa shape index (κ3) is 9.46. The summed E-state index contributed by atoms with van der Waals surface area (Å²) in [7, 11) is 0. The minimum Gasteiger partial charge on any atom is -0.444 e. The van der Waals surface area contributed by atoms with Gasteiger partial charge >= 0.3 is 6.09 Å². The van der Waals surface area contributed by atoms with Crippen LogP contribution in [-0.4, -0.2) is 39.9 Å². The first-order chi connectivity index (χ1) is 10.7. The van der Waals surface area contributed by atoms with Crippen LogP contribution in [0.5, 0.6) is 0 Å². The molecule has 2 unspecified atom stereocenters. The molecule has 1 aliphatic rings. The third-order valence-corrected chi connectivity index (χ3v) is 5.28. The minimum absolute atomic E-state index is 0.223. The standard InChI is InChI=1S/C18H35NO3S/c1-13(2)23-12-16(20)15(11-14-9-7-6-8-10-14)19-17(21)22-18(3,4)5/h13-16,20H,6-12H2,1-5H3,(H,19,21). The molecular weight excluding hydrogens is 310 g/mol. The normalized spacial score (nSPS) is 19.4. The van der Waals surface area contributed by atoms with E-state index < -0.39 is 17.8 Å². The van der Waals surface area contributed by atoms with Gasteiger partial charge in [-0.25, -0.2) is 4.79 Å². The van der Waals surface area contributed by atoms with Gasteiger partial charge < -0.3 is 15.2 Å². The highest BCUT2D eigenvalue weighted by molar-refractivity contribution is 7.99. The number of hydrogen-bond donors (Lipinski definition) is 2. The van der Waals surface area contributed by atoms with Crippen LogP contribution in [0.25, 0.3) is 0 Å². The zero-order chi connectivity index (χ0) is 17.5. The fourth-order valence-electron chi connectivity index (χ4n) is 2.96. The molecule has 0 radical (unpaired) electrons. The lowest BCUT2D eigenvalue weighted by Gasteiger charge is -2.31. The highest BCUT2D eigenvalue weighted by Gasteiger charge is 2.28. The van der Waals surface area contributed by atoms with Gasteiger partial charge in [0.2, 0.25) is 0 Å². The van der Waals surface area contributed by atoms with Crippen molar-refractivity contribution in [2.75, 3.05) is 5.75 Å². The van der Waals surface area contributed by atoms with Crippen LogP contribution >= 0.6 is 11.8 Å². The number of nitrogens with one attached hydrogen (secondary N) is 1. The summed E-state index contributed by atoms with van der Waals surface area (Å²) in [5.41, 5.74) is -0.517. The summed E-state index contributed by atoms with van der Waals surface area (Å²) in [6.07, 6.45) is 6.14. The molecule has 0 aromatic carbocycles. The summed E-state index contributed by atoms with van der Waals surface area (Å²) >= 11 is 1.73. The van der Waals surface area contributed by atoms with Gasteiger partial charge in [-0.2, -0.15) is 11.8 Å². The summed E-state index contributed by atoms with van der Waals surface area (Å²) in [6.45, 7) is 9.80. The molecule has 0 heterocycles. The van der Waals surface area contributed by atoms with E-state index in [4.69, 9.17) is 4.74 Å². The monoisotopic (exact) mass is 345 g/mol. The molecule has 23 heavy (non-hydrogen) atoms. The van der Waals surface area contributed by atoms with E-state index in [9.17, 15) is 9.90 Å². The topological polar surface area (TPSA) is 58.6 Å². The van der Waals surface area contributed by atoms with Crippen LogP contribution in [0.3, 0.4) is 0 Å². The number of aliphatic hydroxyl groups is 1. The van der Waals surface area contributed by atoms with Crippen molar-refractivity contribution in [2.24, 2.45) is 5.92 Å². The van der Waals surface area contributed by atoms with Gasteiger partial charge in [0.1, 0.15) is 5.60 Å². The van der Waals surface area contributed by atoms with E-state index >= 15 is 0 Å². The molecule has 0 spiro atoms. The molecule has 0 aliphatic heterocycles. The Bertz CT molecular complexity index is 349. The average Bonchev–Trinajstić information content (AvgIpc) is 2.43. The van der Waals surface area contributed by atoms with Crippen LogP contribution in [0.1, 0.15) is 73.1 Å². The van der Waals surface area contributed by atoms with Crippen molar-refractivity contribution in [3.63, 3.8) is 0 Å². The average molecular weight is 346 g/mol. The number of aliphatic hydroxyl groups excluding tert-OH is 1. The Labute approximate surface area is 146 Å². The van der Waals surface area contributed by atoms with E-state index in [-0.39, 0.29) is 6.04 Å². The summed E-state index contributed by atoms with van der Waals surface area (Å²) in [4.78, 5) is 12.1. The van der Waals surface area contributed by atoms with Crippen LogP contribution in [0.15, 0.2) is 0 Å². The molecule has 5 heteroatoms. The lowest BCUT2D eigenvalue weighted by molar-refractivity contribution is 0.0416. The summed E-state index contributed by atoms with van der Waals surface area (Å²) in [6, 6.07) is -0.223. The SMILES string of the molecule is CC(C)SCC(O)C(CC1CCCCC1)NC(=O)OC(C)(C)C. The number of thioether (sulfide) groups is 1. The van der Waals surface area contributed by atoms with E-state index in [0.717, 1.165) is 6.42 Å². The summed E-state index contributed by atoms with van der Waals surface area (Å²) < 4.78 is 5.37. The summed E-state index contributed by atoms with van der Waals surface area (Å²) in [5, 5.41) is 13.9. The van der Waals surface area contributed by atoms with Crippen molar-refractivity contribution >= 4 is 17.9 Å². The molecule has 0 saturated heterocycles. The zero-order valence-corrected chi connectivity index (χ0v) is 16.2. The van der Waals surface area contributed by atoms with Crippen LogP contribution in [0.4, 0.5) is 4.79 Å². The Balaban J connectivity index is 2.60. The Morgan fingerprint density at radius 2 is 1.87 bits per heavy atom. The van der Waals surface area contributed by atoms with Crippen molar-refractivity contribution in [3.8, 4) is 0 Å². The number of carbonyl (C=O) groups is 1. The van der Waals surface area contributed by atoms with E-state index in [1.807, 2.05) is 20.8 Å².